The number of rotatable bonds is 22. The summed E-state index contributed by atoms with van der Waals surface area (Å²) in [5.41, 5.74) is 12.8. The van der Waals surface area contributed by atoms with Crippen LogP contribution in [0.5, 0.6) is 11.5 Å². The fourth-order valence-corrected chi connectivity index (χ4v) is 15.4. The van der Waals surface area contributed by atoms with Crippen LogP contribution in [-0.4, -0.2) is 139 Å². The van der Waals surface area contributed by atoms with E-state index in [1.807, 2.05) is 189 Å². The first-order chi connectivity index (χ1) is 57.7. The summed E-state index contributed by atoms with van der Waals surface area (Å²) in [4.78, 5) is 75.6. The Morgan fingerprint density at radius 3 is 1.42 bits per heavy atom. The molecule has 6 aromatic carbocycles. The zero-order valence-electron chi connectivity index (χ0n) is 68.5. The molecule has 0 unspecified atom stereocenters. The number of carbonyl (C=O) groups excluding carboxylic acids is 5. The van der Waals surface area contributed by atoms with Gasteiger partial charge in [-0.3, -0.25) is 14.9 Å². The Bertz CT molecular complexity index is 5200. The van der Waals surface area contributed by atoms with Crippen LogP contribution < -0.4 is 9.47 Å². The number of aliphatic hydroxyl groups is 1. The first-order valence-corrected chi connectivity index (χ1v) is 43.4. The third-order valence-corrected chi connectivity index (χ3v) is 23.3. The molecular formula is C88H98Br4N12O15S. The third-order valence-electron chi connectivity index (χ3n) is 20.4. The number of benzene rings is 6. The van der Waals surface area contributed by atoms with Crippen LogP contribution in [0.1, 0.15) is 158 Å². The zero-order chi connectivity index (χ0) is 86.1. The van der Waals surface area contributed by atoms with Gasteiger partial charge < -0.3 is 48.1 Å². The molecule has 5 heterocycles. The third kappa shape index (κ3) is 25.6. The molecule has 2 amide bonds. The van der Waals surface area contributed by atoms with Gasteiger partial charge >= 0.3 is 30.3 Å². The van der Waals surface area contributed by atoms with Gasteiger partial charge in [0.25, 0.3) is 5.69 Å². The molecular weight excluding hydrogens is 1820 g/mol. The summed E-state index contributed by atoms with van der Waals surface area (Å²) in [6, 6.07) is 44.5. The Kier molecular flexibility index (Phi) is 34.3. The minimum Gasteiger partial charge on any atom is -0.490 e. The maximum atomic E-state index is 12.6. The fraction of sp³-hybridized carbons (Fsp3) is 0.364. The molecule has 0 saturated heterocycles. The van der Waals surface area contributed by atoms with E-state index in [4.69, 9.17) is 33.2 Å². The zero-order valence-corrected chi connectivity index (χ0v) is 75.7. The van der Waals surface area contributed by atoms with Gasteiger partial charge in [0.15, 0.2) is 5.69 Å². The van der Waals surface area contributed by atoms with Crippen LogP contribution in [0.4, 0.5) is 20.1 Å². The standard InChI is InChI=1S/C28H38N2O5S.C18H14BrN3O5.C18H22BrN3O2.C13H13BrN2O2.C11H11BrN2O/c1-18(2)34-27(31)21-8-7-11-24(16-21)35-23-14-12-20(13-15-23)26-25(19(3)36-29-26)17-33-28(32)30(4)22-9-5-6-10-22;1-12-10-20-21(14-4-2-13(19)3-5-14)17(12)11-26-18(23)27-16-8-6-15(7-9-16)22(24)25;1-13-11-20-22(16-9-7-14(19)8-10-16)17(13)12-24-18(23)21(2)15-5-3-4-6-15;1-3-18-13(17)12-9(2)8-15-16(12)11-6-4-10(14)5-7-11;1-8-6-13-14(11(8)7-15)10-4-2-9(12)3-5-10/h12-15,18,21-22,24H,5-11,16-17H2,1-4H3;2-10H,11H2,1H3;7-11,15H,3-6,12H2,1-2H3;4-8H,3H2,1-2H3;2-6,15H,7H2,1H3/t21-,24-;;;;/m0..../s1. The van der Waals surface area contributed by atoms with Gasteiger partial charge in [-0.25, -0.2) is 37.9 Å². The van der Waals surface area contributed by atoms with Crippen molar-refractivity contribution in [2.75, 3.05) is 20.7 Å². The van der Waals surface area contributed by atoms with Gasteiger partial charge in [-0.05, 0) is 268 Å². The van der Waals surface area contributed by atoms with Crippen LogP contribution >= 0.6 is 75.3 Å². The van der Waals surface area contributed by atoms with E-state index in [1.54, 1.807) is 55.6 Å². The second-order valence-corrected chi connectivity index (χ2v) is 33.8. The maximum absolute atomic E-state index is 12.6. The Balaban J connectivity index is 0.000000162. The van der Waals surface area contributed by atoms with Crippen molar-refractivity contribution in [2.24, 2.45) is 5.92 Å². The molecule has 3 fully saturated rings. The highest BCUT2D eigenvalue weighted by Crippen LogP contribution is 2.35. The van der Waals surface area contributed by atoms with Crippen molar-refractivity contribution < 1.29 is 67.2 Å². The normalized spacial score (nSPS) is 14.3. The van der Waals surface area contributed by atoms with E-state index >= 15 is 0 Å². The summed E-state index contributed by atoms with van der Waals surface area (Å²) >= 11 is 15.0. The van der Waals surface area contributed by atoms with Gasteiger partial charge in [-0.2, -0.15) is 24.8 Å². The average Bonchev–Trinajstić information content (AvgIpc) is 1.74. The van der Waals surface area contributed by atoms with Crippen LogP contribution in [-0.2, 0) is 54.9 Å². The highest BCUT2D eigenvalue weighted by molar-refractivity contribution is 9.11. The largest absolute Gasteiger partial charge is 0.514 e. The van der Waals surface area contributed by atoms with Gasteiger partial charge in [-0.1, -0.05) is 89.4 Å². The summed E-state index contributed by atoms with van der Waals surface area (Å²) in [6.45, 7) is 15.9. The molecule has 3 saturated carbocycles. The lowest BCUT2D eigenvalue weighted by molar-refractivity contribution is -0.384. The van der Waals surface area contributed by atoms with Crippen LogP contribution in [0, 0.1) is 50.7 Å². The lowest BCUT2D eigenvalue weighted by Crippen LogP contribution is -2.35. The van der Waals surface area contributed by atoms with Gasteiger partial charge in [0.2, 0.25) is 0 Å². The van der Waals surface area contributed by atoms with Crippen LogP contribution in [0.3, 0.4) is 0 Å². The summed E-state index contributed by atoms with van der Waals surface area (Å²) < 4.78 is 53.5. The van der Waals surface area contributed by atoms with E-state index in [1.165, 1.54) is 61.5 Å². The highest BCUT2D eigenvalue weighted by Gasteiger charge is 2.32. The van der Waals surface area contributed by atoms with Crippen LogP contribution in [0.15, 0.2) is 188 Å². The molecule has 27 nitrogen and oxygen atoms in total. The topological polar surface area (TPSA) is 304 Å². The van der Waals surface area contributed by atoms with Gasteiger partial charge in [-0.15, -0.1) is 0 Å². The minimum absolute atomic E-state index is 0.00188. The molecule has 120 heavy (non-hydrogen) atoms. The summed E-state index contributed by atoms with van der Waals surface area (Å²) in [7, 11) is 3.66. The average molecular weight is 1920 g/mol. The summed E-state index contributed by atoms with van der Waals surface area (Å²) in [5.74, 6) is 0.371. The van der Waals surface area contributed by atoms with Crippen molar-refractivity contribution >= 4 is 111 Å². The quantitative estimate of drug-likeness (QED) is 0.0217. The number of nitro groups is 1. The number of esters is 2. The number of non-ortho nitro benzene ring substituents is 1. The fourth-order valence-electron chi connectivity index (χ4n) is 13.7. The predicted octanol–water partition coefficient (Wildman–Crippen LogP) is 21.1. The van der Waals surface area contributed by atoms with Crippen molar-refractivity contribution in [3.63, 3.8) is 0 Å². The number of halogens is 4. The maximum Gasteiger partial charge on any atom is 0.514 e. The van der Waals surface area contributed by atoms with E-state index in [-0.39, 0.29) is 86.2 Å². The van der Waals surface area contributed by atoms with E-state index in [2.05, 4.69) is 88.5 Å². The van der Waals surface area contributed by atoms with E-state index in [9.17, 15) is 39.2 Å². The van der Waals surface area contributed by atoms with Crippen LogP contribution in [0.2, 0.25) is 0 Å². The molecule has 32 heteroatoms. The molecule has 0 spiro atoms. The van der Waals surface area contributed by atoms with Gasteiger partial charge in [0.05, 0.1) is 107 Å². The summed E-state index contributed by atoms with van der Waals surface area (Å²) in [6.07, 6.45) is 17.8. The number of aliphatic hydroxyl groups excluding tert-OH is 1. The van der Waals surface area contributed by atoms with Gasteiger partial charge in [0, 0.05) is 77.8 Å². The van der Waals surface area contributed by atoms with E-state index < -0.39 is 11.1 Å². The molecule has 0 radical (unpaired) electrons. The van der Waals surface area contributed by atoms with E-state index in [0.29, 0.717) is 30.5 Å². The number of nitrogens with zero attached hydrogens (tertiary/aromatic N) is 12. The van der Waals surface area contributed by atoms with Crippen molar-refractivity contribution in [3.8, 4) is 45.5 Å². The molecule has 0 aliphatic heterocycles. The Hall–Kier alpha value is -10.4. The molecule has 0 bridgehead atoms. The van der Waals surface area contributed by atoms with Crippen molar-refractivity contribution in [1.82, 2.24) is 53.3 Å². The molecule has 5 aromatic heterocycles. The number of nitro benzene ring substituents is 1. The molecule has 3 aliphatic rings. The van der Waals surface area contributed by atoms with Gasteiger partial charge in [0.1, 0.15) is 31.3 Å². The number of hydrogen-bond acceptors (Lipinski definition) is 21. The minimum atomic E-state index is -0.910. The lowest BCUT2D eigenvalue weighted by Gasteiger charge is -2.29. The summed E-state index contributed by atoms with van der Waals surface area (Å²) in [5, 5.41) is 37.0. The smallest absolute Gasteiger partial charge is 0.490 e. The number of aromatic nitrogens is 9. The Morgan fingerprint density at radius 1 is 0.533 bits per heavy atom. The molecule has 2 atom stereocenters. The number of ether oxygens (including phenoxy) is 7. The second kappa shape index (κ2) is 44.8. The molecule has 1 N–H and O–H groups in total. The highest BCUT2D eigenvalue weighted by atomic mass is 79.9. The number of carbonyl (C=O) groups is 5. The number of hydrogen-bond donors (Lipinski definition) is 1. The van der Waals surface area contributed by atoms with Crippen molar-refractivity contribution in [2.45, 2.75) is 183 Å². The second-order valence-electron chi connectivity index (χ2n) is 29.2. The predicted molar refractivity (Wildman–Crippen MR) is 470 cm³/mol. The first-order valence-electron chi connectivity index (χ1n) is 39.4. The monoisotopic (exact) mass is 1910 g/mol. The van der Waals surface area contributed by atoms with Crippen molar-refractivity contribution in [1.29, 1.82) is 0 Å². The molecule has 14 rings (SSSR count). The Labute approximate surface area is 735 Å². The molecule has 11 aromatic rings. The van der Waals surface area contributed by atoms with Crippen LogP contribution in [0.25, 0.3) is 34.0 Å². The first kappa shape index (κ1) is 91.9. The van der Waals surface area contributed by atoms with E-state index in [0.717, 1.165) is 147 Å². The Morgan fingerprint density at radius 2 is 0.958 bits per heavy atom. The lowest BCUT2D eigenvalue weighted by atomic mass is 9.87. The molecule has 634 valence electrons. The van der Waals surface area contributed by atoms with Crippen molar-refractivity contribution in [3.05, 3.63) is 254 Å². The number of aryl methyl sites for hydroxylation is 5. The molecule has 3 aliphatic carbocycles. The SMILES string of the molecule is CCOC(=O)c1c(C)cnn1-c1ccc(Br)cc1.Cc1cnn(-c2ccc(Br)cc2)c1CO.Cc1cnn(-c2ccc(Br)cc2)c1COC(=O)N(C)C1CCCC1.Cc1cnn(-c2ccc(Br)cc2)c1COC(=O)Oc1ccc([N+](=O)[O-])cc1.Cc1snc(-c2ccc(O[C@H]3CCC[C@H](C(=O)OC(C)C)C3)cc2)c1COC(=O)N(C)C1CCCC1. The number of amides is 2.